The molecule has 2 aromatic rings. The number of anilines is 1. The van der Waals surface area contributed by atoms with Gasteiger partial charge in [-0.2, -0.15) is 0 Å². The van der Waals surface area contributed by atoms with Crippen molar-refractivity contribution in [2.45, 2.75) is 19.9 Å². The Morgan fingerprint density at radius 1 is 1.37 bits per heavy atom. The van der Waals surface area contributed by atoms with Crippen molar-refractivity contribution < 1.29 is 9.90 Å². The first-order valence-electron chi connectivity index (χ1n) is 5.95. The monoisotopic (exact) mass is 257 g/mol. The zero-order valence-corrected chi connectivity index (χ0v) is 10.8. The summed E-state index contributed by atoms with van der Waals surface area (Å²) in [6.45, 7) is 3.76. The summed E-state index contributed by atoms with van der Waals surface area (Å²) in [5, 5.41) is 12.3. The number of aromatic nitrogens is 2. The molecule has 0 saturated carbocycles. The van der Waals surface area contributed by atoms with Gasteiger partial charge in [-0.05, 0) is 32.0 Å². The van der Waals surface area contributed by atoms with Crippen molar-refractivity contribution in [3.05, 3.63) is 53.6 Å². The number of carbonyl (C=O) groups is 1. The Labute approximate surface area is 111 Å². The van der Waals surface area contributed by atoms with Crippen molar-refractivity contribution in [3.8, 4) is 0 Å². The number of aryl methyl sites for hydroxylation is 1. The summed E-state index contributed by atoms with van der Waals surface area (Å²) < 4.78 is 0. The van der Waals surface area contributed by atoms with Gasteiger partial charge in [0.1, 0.15) is 5.56 Å². The molecule has 0 aliphatic heterocycles. The van der Waals surface area contributed by atoms with Gasteiger partial charge >= 0.3 is 5.97 Å². The van der Waals surface area contributed by atoms with Crippen LogP contribution in [0.2, 0.25) is 0 Å². The molecule has 1 atom stereocenters. The lowest BCUT2D eigenvalue weighted by atomic mass is 10.1. The molecule has 19 heavy (non-hydrogen) atoms. The number of pyridine rings is 2. The van der Waals surface area contributed by atoms with Crippen LogP contribution in [-0.4, -0.2) is 21.0 Å². The number of hydrogen-bond donors (Lipinski definition) is 2. The topological polar surface area (TPSA) is 75.1 Å². The number of carboxylic acid groups (broad SMARTS) is 1. The van der Waals surface area contributed by atoms with E-state index in [1.165, 1.54) is 6.20 Å². The summed E-state index contributed by atoms with van der Waals surface area (Å²) in [4.78, 5) is 19.4. The molecule has 2 heterocycles. The minimum atomic E-state index is -0.997. The van der Waals surface area contributed by atoms with Crippen LogP contribution >= 0.6 is 0 Å². The third kappa shape index (κ3) is 3.07. The summed E-state index contributed by atoms with van der Waals surface area (Å²) >= 11 is 0. The predicted octanol–water partition coefficient (Wildman–Crippen LogP) is 2.66. The summed E-state index contributed by atoms with van der Waals surface area (Å²) in [6.07, 6.45) is 3.08. The first kappa shape index (κ1) is 13.0. The molecule has 0 bridgehead atoms. The quantitative estimate of drug-likeness (QED) is 0.880. The second kappa shape index (κ2) is 5.48. The molecule has 2 N–H and O–H groups in total. The number of hydrogen-bond acceptors (Lipinski definition) is 4. The fourth-order valence-corrected chi connectivity index (χ4v) is 1.79. The molecule has 2 rings (SSSR count). The van der Waals surface area contributed by atoms with Crippen LogP contribution in [0.1, 0.15) is 34.7 Å². The van der Waals surface area contributed by atoms with Crippen LogP contribution in [0.4, 0.5) is 5.69 Å². The number of aromatic carboxylic acids is 1. The van der Waals surface area contributed by atoms with Crippen molar-refractivity contribution in [1.82, 2.24) is 9.97 Å². The third-order valence-electron chi connectivity index (χ3n) is 2.77. The van der Waals surface area contributed by atoms with Crippen molar-refractivity contribution in [2.24, 2.45) is 0 Å². The van der Waals surface area contributed by atoms with E-state index >= 15 is 0 Å². The second-order valence-electron chi connectivity index (χ2n) is 4.30. The predicted molar refractivity (Wildman–Crippen MR) is 72.2 cm³/mol. The number of rotatable bonds is 4. The zero-order valence-electron chi connectivity index (χ0n) is 10.8. The Morgan fingerprint density at radius 3 is 2.79 bits per heavy atom. The summed E-state index contributed by atoms with van der Waals surface area (Å²) in [6, 6.07) is 7.28. The number of carboxylic acids is 1. The van der Waals surface area contributed by atoms with E-state index < -0.39 is 5.97 Å². The van der Waals surface area contributed by atoms with Crippen LogP contribution in [0.15, 0.2) is 36.7 Å². The Bertz CT molecular complexity index is 584. The Hall–Kier alpha value is -2.43. The minimum absolute atomic E-state index is 0.0823. The number of nitrogens with zero attached hydrogens (tertiary/aromatic N) is 2. The maximum absolute atomic E-state index is 11.2. The highest BCUT2D eigenvalue weighted by atomic mass is 16.4. The molecular weight excluding hydrogens is 242 g/mol. The molecule has 0 aromatic carbocycles. The molecule has 0 spiro atoms. The van der Waals surface area contributed by atoms with E-state index in [1.807, 2.05) is 32.0 Å². The lowest BCUT2D eigenvalue weighted by molar-refractivity contribution is 0.0697. The van der Waals surface area contributed by atoms with Gasteiger partial charge in [-0.25, -0.2) is 4.79 Å². The molecule has 0 radical (unpaired) electrons. The van der Waals surface area contributed by atoms with Crippen LogP contribution in [0.5, 0.6) is 0 Å². The van der Waals surface area contributed by atoms with Crippen LogP contribution in [0, 0.1) is 6.92 Å². The van der Waals surface area contributed by atoms with Crippen molar-refractivity contribution >= 4 is 11.7 Å². The molecule has 0 saturated heterocycles. The van der Waals surface area contributed by atoms with Gasteiger partial charge in [-0.1, -0.05) is 6.07 Å². The van der Waals surface area contributed by atoms with E-state index in [9.17, 15) is 4.79 Å². The molecular formula is C14H15N3O2. The fraction of sp³-hybridized carbons (Fsp3) is 0.214. The van der Waals surface area contributed by atoms with E-state index in [2.05, 4.69) is 15.3 Å². The van der Waals surface area contributed by atoms with Crippen LogP contribution < -0.4 is 5.32 Å². The summed E-state index contributed by atoms with van der Waals surface area (Å²) in [5.74, 6) is -0.997. The van der Waals surface area contributed by atoms with Crippen LogP contribution in [0.3, 0.4) is 0 Å². The van der Waals surface area contributed by atoms with Crippen molar-refractivity contribution in [2.75, 3.05) is 5.32 Å². The highest BCUT2D eigenvalue weighted by Crippen LogP contribution is 2.21. The highest BCUT2D eigenvalue weighted by molar-refractivity contribution is 5.93. The van der Waals surface area contributed by atoms with E-state index in [4.69, 9.17) is 5.11 Å². The molecule has 98 valence electrons. The lowest BCUT2D eigenvalue weighted by Crippen LogP contribution is -2.12. The Morgan fingerprint density at radius 2 is 2.16 bits per heavy atom. The second-order valence-corrected chi connectivity index (χ2v) is 4.30. The third-order valence-corrected chi connectivity index (χ3v) is 2.77. The average Bonchev–Trinajstić information content (AvgIpc) is 2.39. The SMILES string of the molecule is Cc1cc(NC(C)c2ccccn2)c(C(=O)O)cn1. The van der Waals surface area contributed by atoms with E-state index in [0.29, 0.717) is 5.69 Å². The van der Waals surface area contributed by atoms with Gasteiger partial charge in [0.25, 0.3) is 0 Å². The largest absolute Gasteiger partial charge is 0.478 e. The van der Waals surface area contributed by atoms with E-state index in [1.54, 1.807) is 12.3 Å². The lowest BCUT2D eigenvalue weighted by Gasteiger charge is -2.16. The van der Waals surface area contributed by atoms with Crippen molar-refractivity contribution in [3.63, 3.8) is 0 Å². The van der Waals surface area contributed by atoms with Gasteiger partial charge in [0.15, 0.2) is 0 Å². The Kier molecular flexibility index (Phi) is 3.75. The molecule has 0 amide bonds. The maximum Gasteiger partial charge on any atom is 0.339 e. The van der Waals surface area contributed by atoms with Gasteiger partial charge < -0.3 is 10.4 Å². The molecule has 5 heteroatoms. The normalized spacial score (nSPS) is 11.9. The van der Waals surface area contributed by atoms with Gasteiger partial charge in [0.2, 0.25) is 0 Å². The standard InChI is InChI=1S/C14H15N3O2/c1-9-7-13(11(8-16-9)14(18)19)17-10(2)12-5-3-4-6-15-12/h3-8,10H,1-2H3,(H,16,17)(H,18,19). The first-order chi connectivity index (χ1) is 9.08. The fourth-order valence-electron chi connectivity index (χ4n) is 1.79. The van der Waals surface area contributed by atoms with Gasteiger partial charge in [0, 0.05) is 18.1 Å². The smallest absolute Gasteiger partial charge is 0.339 e. The highest BCUT2D eigenvalue weighted by Gasteiger charge is 2.14. The Balaban J connectivity index is 2.28. The van der Waals surface area contributed by atoms with Gasteiger partial charge in [-0.15, -0.1) is 0 Å². The molecule has 1 unspecified atom stereocenters. The average molecular weight is 257 g/mol. The van der Waals surface area contributed by atoms with E-state index in [-0.39, 0.29) is 11.6 Å². The first-order valence-corrected chi connectivity index (χ1v) is 5.95. The molecule has 2 aromatic heterocycles. The van der Waals surface area contributed by atoms with Crippen LogP contribution in [0.25, 0.3) is 0 Å². The maximum atomic E-state index is 11.2. The van der Waals surface area contributed by atoms with Crippen LogP contribution in [-0.2, 0) is 0 Å². The summed E-state index contributed by atoms with van der Waals surface area (Å²) in [5.41, 5.74) is 2.33. The zero-order chi connectivity index (χ0) is 13.8. The molecule has 0 aliphatic rings. The number of nitrogens with one attached hydrogen (secondary N) is 1. The summed E-state index contributed by atoms with van der Waals surface area (Å²) in [7, 11) is 0. The van der Waals surface area contributed by atoms with E-state index in [0.717, 1.165) is 11.4 Å². The van der Waals surface area contributed by atoms with Gasteiger partial charge in [-0.3, -0.25) is 9.97 Å². The van der Waals surface area contributed by atoms with Crippen molar-refractivity contribution in [1.29, 1.82) is 0 Å². The molecule has 5 nitrogen and oxygen atoms in total. The molecule has 0 fully saturated rings. The molecule has 0 aliphatic carbocycles. The minimum Gasteiger partial charge on any atom is -0.478 e. The van der Waals surface area contributed by atoms with Gasteiger partial charge in [0.05, 0.1) is 17.4 Å².